The van der Waals surface area contributed by atoms with Gasteiger partial charge in [0.2, 0.25) is 65.0 Å². The molecule has 2 rings (SSSR count). The topological polar surface area (TPSA) is 479 Å². The Kier molecular flexibility index (Phi) is 33.8. The van der Waals surface area contributed by atoms with E-state index in [0.29, 0.717) is 43.5 Å². The van der Waals surface area contributed by atoms with Gasteiger partial charge >= 0.3 is 5.97 Å². The number of likely N-dealkylation sites (tertiary alicyclic amines) is 1. The van der Waals surface area contributed by atoms with Crippen molar-refractivity contribution in [2.75, 3.05) is 44.7 Å². The van der Waals surface area contributed by atoms with Crippen LogP contribution in [0, 0.1) is 11.8 Å². The fourth-order valence-corrected chi connectivity index (χ4v) is 9.46. The Hall–Kier alpha value is -7.60. The number of nitrogens with two attached hydrogens (primary N) is 5. The van der Waals surface area contributed by atoms with Crippen LogP contribution in [0.15, 0.2) is 35.3 Å². The molecule has 1 aliphatic rings. The molecular weight excluding hydrogens is 1120 g/mol. The van der Waals surface area contributed by atoms with Crippen molar-refractivity contribution in [3.05, 3.63) is 35.9 Å². The first-order valence-corrected chi connectivity index (χ1v) is 30.1. The number of guanidine groups is 1. The lowest BCUT2D eigenvalue weighted by atomic mass is 10.0. The van der Waals surface area contributed by atoms with E-state index in [9.17, 15) is 62.6 Å². The van der Waals surface area contributed by atoms with E-state index in [2.05, 4.69) is 52.8 Å². The van der Waals surface area contributed by atoms with E-state index in [0.717, 1.165) is 0 Å². The summed E-state index contributed by atoms with van der Waals surface area (Å²) >= 11 is 1.41. The molecule has 20 N–H and O–H groups in total. The maximum absolute atomic E-state index is 14.6. The van der Waals surface area contributed by atoms with Crippen molar-refractivity contribution in [3.8, 4) is 0 Å². The largest absolute Gasteiger partial charge is 0.480 e. The standard InChI is InChI=1S/C55H92N16O13S/c1-31(2)26-39(65-44(73)29-62-48(77)36(17-10-11-22-56)67-46(75)33(5)64-47(76)35(57)16-12-23-61-55(59)60)50(79)68-37(19-20-43(58)72)49(78)70-41(28-34-14-8-7-9-15-34)53(82)71-24-13-18-42(71)52(81)63-30-45(74)66-40(27-32(3)4)51(80)69-38(54(83)84)21-25-85-6/h7-9,14-15,31-33,35-42H,10-13,16-30,56-57H2,1-6H3,(H2,58,72)(H,62,77)(H,63,81)(H,64,76)(H,65,73)(H,66,74)(H,67,75)(H,68,79)(H,69,80)(H,70,78)(H,83,84)(H4,59,60,61)/t33-,35-,36-,37-,38-,39-,40-,41-,42-/m0/s1. The smallest absolute Gasteiger partial charge is 0.326 e. The van der Waals surface area contributed by atoms with Crippen molar-refractivity contribution in [1.29, 1.82) is 0 Å². The number of thioether (sulfide) groups is 1. The Balaban J connectivity index is 2.27. The summed E-state index contributed by atoms with van der Waals surface area (Å²) < 4.78 is 0. The normalized spacial score (nSPS) is 15.7. The third-order valence-electron chi connectivity index (χ3n) is 13.5. The molecule has 0 spiro atoms. The Morgan fingerprint density at radius 1 is 0.635 bits per heavy atom. The molecule has 29 nitrogen and oxygen atoms in total. The Bertz CT molecular complexity index is 2430. The Labute approximate surface area is 500 Å². The number of aliphatic imine (C=N–C) groups is 1. The van der Waals surface area contributed by atoms with Gasteiger partial charge in [-0.05, 0) is 114 Å². The highest BCUT2D eigenvalue weighted by Gasteiger charge is 2.39. The average molecular weight is 1220 g/mol. The molecule has 1 fully saturated rings. The molecule has 0 bridgehead atoms. The van der Waals surface area contributed by atoms with E-state index in [1.807, 2.05) is 13.8 Å². The van der Waals surface area contributed by atoms with Crippen LogP contribution in [0.2, 0.25) is 0 Å². The number of benzene rings is 1. The summed E-state index contributed by atoms with van der Waals surface area (Å²) in [4.78, 5) is 165. The first-order chi connectivity index (χ1) is 40.2. The molecule has 30 heteroatoms. The van der Waals surface area contributed by atoms with Crippen LogP contribution in [0.3, 0.4) is 0 Å². The minimum absolute atomic E-state index is 0.0335. The molecule has 85 heavy (non-hydrogen) atoms. The van der Waals surface area contributed by atoms with Crippen molar-refractivity contribution >= 4 is 88.7 Å². The van der Waals surface area contributed by atoms with Gasteiger partial charge in [-0.15, -0.1) is 0 Å². The number of unbranched alkanes of at least 4 members (excludes halogenated alkanes) is 1. The molecule has 1 aromatic rings. The van der Waals surface area contributed by atoms with Crippen molar-refractivity contribution in [2.24, 2.45) is 45.5 Å². The van der Waals surface area contributed by atoms with Crippen molar-refractivity contribution in [3.63, 3.8) is 0 Å². The fraction of sp³-hybridized carbons (Fsp3) is 0.655. The van der Waals surface area contributed by atoms with Gasteiger partial charge in [0.05, 0.1) is 19.1 Å². The number of carboxylic acids is 1. The molecule has 476 valence electrons. The predicted octanol–water partition coefficient (Wildman–Crippen LogP) is -3.43. The Morgan fingerprint density at radius 3 is 1.74 bits per heavy atom. The number of amides is 11. The number of primary amides is 1. The average Bonchev–Trinajstić information content (AvgIpc) is 3.59. The molecule has 0 aliphatic carbocycles. The summed E-state index contributed by atoms with van der Waals surface area (Å²) in [6.45, 7) is 7.96. The third-order valence-corrected chi connectivity index (χ3v) is 14.1. The second-order valence-corrected chi connectivity index (χ2v) is 22.7. The van der Waals surface area contributed by atoms with Crippen molar-refractivity contribution < 1.29 is 62.6 Å². The van der Waals surface area contributed by atoms with Gasteiger partial charge in [-0.2, -0.15) is 11.8 Å². The summed E-state index contributed by atoms with van der Waals surface area (Å²) in [5, 5.41) is 32.7. The molecule has 9 atom stereocenters. The SMILES string of the molecule is CSCC[C@H](NC(=O)[C@H](CC(C)C)NC(=O)CNC(=O)[C@@H]1CCCN1C(=O)[C@H](Cc1ccccc1)NC(=O)[C@H](CCC(N)=O)NC(=O)[C@H](CC(C)C)NC(=O)CNC(=O)[C@H](CCCCN)NC(=O)[C@H](C)NC(=O)[C@@H](N)CCCN=C(N)N)C(=O)O. The van der Waals surface area contributed by atoms with E-state index in [-0.39, 0.29) is 82.3 Å². The molecule has 0 unspecified atom stereocenters. The van der Waals surface area contributed by atoms with Gasteiger partial charge in [0, 0.05) is 25.9 Å². The first kappa shape index (κ1) is 73.5. The molecule has 1 aliphatic heterocycles. The minimum Gasteiger partial charge on any atom is -0.480 e. The first-order valence-electron chi connectivity index (χ1n) is 28.7. The summed E-state index contributed by atoms with van der Waals surface area (Å²) in [6.07, 6.45) is 3.55. The third kappa shape index (κ3) is 28.7. The highest BCUT2D eigenvalue weighted by atomic mass is 32.2. The van der Waals surface area contributed by atoms with Gasteiger partial charge < -0.3 is 86.5 Å². The van der Waals surface area contributed by atoms with Gasteiger partial charge in [-0.25, -0.2) is 4.79 Å². The van der Waals surface area contributed by atoms with E-state index in [1.165, 1.54) is 23.6 Å². The summed E-state index contributed by atoms with van der Waals surface area (Å²) in [7, 11) is 0. The predicted molar refractivity (Wildman–Crippen MR) is 319 cm³/mol. The molecule has 1 aromatic carbocycles. The molecule has 0 aromatic heterocycles. The number of rotatable bonds is 40. The van der Waals surface area contributed by atoms with Gasteiger partial charge in [-0.3, -0.25) is 57.7 Å². The highest BCUT2D eigenvalue weighted by Crippen LogP contribution is 2.21. The van der Waals surface area contributed by atoms with Crippen LogP contribution in [0.25, 0.3) is 0 Å². The van der Waals surface area contributed by atoms with Crippen LogP contribution >= 0.6 is 11.8 Å². The number of aliphatic carboxylic acids is 1. The van der Waals surface area contributed by atoms with Crippen LogP contribution in [-0.2, 0) is 64.0 Å². The number of carboxylic acid groups (broad SMARTS) is 1. The van der Waals surface area contributed by atoms with Crippen LogP contribution in [0.4, 0.5) is 0 Å². The van der Waals surface area contributed by atoms with Gasteiger partial charge in [-0.1, -0.05) is 58.0 Å². The summed E-state index contributed by atoms with van der Waals surface area (Å²) in [6, 6.07) is -2.20. The number of nitrogens with one attached hydrogen (secondary N) is 9. The molecule has 1 heterocycles. The lowest BCUT2D eigenvalue weighted by Crippen LogP contribution is -2.59. The lowest BCUT2D eigenvalue weighted by molar-refractivity contribution is -0.142. The van der Waals surface area contributed by atoms with Gasteiger partial charge in [0.1, 0.15) is 48.3 Å². The van der Waals surface area contributed by atoms with Crippen molar-refractivity contribution in [2.45, 2.75) is 172 Å². The maximum atomic E-state index is 14.6. The minimum atomic E-state index is -1.50. The number of nitrogens with zero attached hydrogens (tertiary/aromatic N) is 2. The van der Waals surface area contributed by atoms with E-state index in [4.69, 9.17) is 28.7 Å². The highest BCUT2D eigenvalue weighted by molar-refractivity contribution is 7.98. The van der Waals surface area contributed by atoms with E-state index >= 15 is 0 Å². The number of hydrogen-bond acceptors (Lipinski definition) is 16. The van der Waals surface area contributed by atoms with Crippen LogP contribution in [0.1, 0.15) is 117 Å². The number of hydrogen-bond donors (Lipinski definition) is 15. The summed E-state index contributed by atoms with van der Waals surface area (Å²) in [5.41, 5.74) is 28.4. The summed E-state index contributed by atoms with van der Waals surface area (Å²) in [5.74, 6) is -9.46. The number of carbonyl (C=O) groups is 12. The molecule has 0 radical (unpaired) electrons. The fourth-order valence-electron chi connectivity index (χ4n) is 8.99. The van der Waals surface area contributed by atoms with Crippen LogP contribution in [0.5, 0.6) is 0 Å². The second kappa shape index (κ2) is 39.1. The monoisotopic (exact) mass is 1220 g/mol. The second-order valence-electron chi connectivity index (χ2n) is 21.8. The van der Waals surface area contributed by atoms with Crippen LogP contribution in [-0.4, -0.2) is 186 Å². The maximum Gasteiger partial charge on any atom is 0.326 e. The van der Waals surface area contributed by atoms with Gasteiger partial charge in [0.15, 0.2) is 5.96 Å². The number of carbonyl (C=O) groups excluding carboxylic acids is 11. The molecule has 11 amide bonds. The Morgan fingerprint density at radius 2 is 1.19 bits per heavy atom. The van der Waals surface area contributed by atoms with Crippen LogP contribution < -0.4 is 76.5 Å². The quantitative estimate of drug-likeness (QED) is 0.0173. The molecule has 1 saturated heterocycles. The zero-order chi connectivity index (χ0) is 63.8. The zero-order valence-electron chi connectivity index (χ0n) is 49.7. The van der Waals surface area contributed by atoms with Gasteiger partial charge in [0.25, 0.3) is 0 Å². The zero-order valence-corrected chi connectivity index (χ0v) is 50.5. The van der Waals surface area contributed by atoms with E-state index < -0.39 is 145 Å². The molecule has 0 saturated carbocycles. The van der Waals surface area contributed by atoms with E-state index in [1.54, 1.807) is 50.4 Å². The lowest BCUT2D eigenvalue weighted by Gasteiger charge is -2.30. The molecular formula is C55H92N16O13S. The van der Waals surface area contributed by atoms with Crippen molar-refractivity contribution in [1.82, 2.24) is 52.8 Å².